The number of pyridine rings is 2. The normalized spacial score (nSPS) is 11.0. The quantitative estimate of drug-likeness (QED) is 0.426. The Labute approximate surface area is 184 Å². The molecule has 4 rings (SSSR count). The van der Waals surface area contributed by atoms with Crippen LogP contribution >= 0.6 is 0 Å². The Morgan fingerprint density at radius 3 is 2.62 bits per heavy atom. The van der Waals surface area contributed by atoms with E-state index in [0.717, 1.165) is 11.1 Å². The summed E-state index contributed by atoms with van der Waals surface area (Å²) in [6.45, 7) is 5.74. The highest BCUT2D eigenvalue weighted by molar-refractivity contribution is 5.96. The van der Waals surface area contributed by atoms with Crippen LogP contribution in [0.3, 0.4) is 0 Å². The van der Waals surface area contributed by atoms with Gasteiger partial charge >= 0.3 is 5.97 Å². The molecular formula is C24H23N3O5. The van der Waals surface area contributed by atoms with Crippen molar-refractivity contribution in [3.8, 4) is 16.9 Å². The number of benzene rings is 1. The topological polar surface area (TPSA) is 96.5 Å². The molecule has 0 spiro atoms. The Kier molecular flexibility index (Phi) is 5.77. The van der Waals surface area contributed by atoms with Crippen LogP contribution in [-0.4, -0.2) is 34.4 Å². The van der Waals surface area contributed by atoms with Crippen molar-refractivity contribution in [2.24, 2.45) is 0 Å². The summed E-state index contributed by atoms with van der Waals surface area (Å²) in [5.74, 6) is 0.543. The molecule has 0 N–H and O–H groups in total. The van der Waals surface area contributed by atoms with E-state index >= 15 is 0 Å². The van der Waals surface area contributed by atoms with Crippen molar-refractivity contribution in [2.75, 3.05) is 13.7 Å². The van der Waals surface area contributed by atoms with Gasteiger partial charge in [-0.3, -0.25) is 9.78 Å². The predicted octanol–water partition coefficient (Wildman–Crippen LogP) is 3.90. The summed E-state index contributed by atoms with van der Waals surface area (Å²) in [7, 11) is 1.57. The lowest BCUT2D eigenvalue weighted by molar-refractivity contribution is 0.0524. The zero-order valence-electron chi connectivity index (χ0n) is 18.3. The number of aryl methyl sites for hydroxylation is 2. The predicted molar refractivity (Wildman–Crippen MR) is 119 cm³/mol. The van der Waals surface area contributed by atoms with Gasteiger partial charge in [0.15, 0.2) is 0 Å². The first-order valence-corrected chi connectivity index (χ1v) is 10.2. The Bertz CT molecular complexity index is 1340. The van der Waals surface area contributed by atoms with Crippen molar-refractivity contribution in [1.82, 2.24) is 14.7 Å². The Morgan fingerprint density at radius 1 is 1.19 bits per heavy atom. The van der Waals surface area contributed by atoms with Crippen molar-refractivity contribution in [2.45, 2.75) is 27.3 Å². The SMILES string of the molecule is CCOC(=O)c1cc2cc(-c3c(C)noc3C)c(OC)cc2n(Cc2ccccn2)c1=O. The van der Waals surface area contributed by atoms with Gasteiger partial charge in [0.05, 0.1) is 42.7 Å². The monoisotopic (exact) mass is 433 g/mol. The van der Waals surface area contributed by atoms with E-state index < -0.39 is 11.5 Å². The summed E-state index contributed by atoms with van der Waals surface area (Å²) in [4.78, 5) is 30.2. The van der Waals surface area contributed by atoms with Crippen LogP contribution in [-0.2, 0) is 11.3 Å². The van der Waals surface area contributed by atoms with Crippen LogP contribution in [0, 0.1) is 13.8 Å². The zero-order valence-corrected chi connectivity index (χ0v) is 18.3. The lowest BCUT2D eigenvalue weighted by Crippen LogP contribution is -2.28. The molecule has 0 aliphatic heterocycles. The number of nitrogens with zero attached hydrogens (tertiary/aromatic N) is 3. The fourth-order valence-corrected chi connectivity index (χ4v) is 3.80. The molecule has 0 radical (unpaired) electrons. The zero-order chi connectivity index (χ0) is 22.8. The molecule has 0 unspecified atom stereocenters. The van der Waals surface area contributed by atoms with Gasteiger partial charge in [-0.1, -0.05) is 11.2 Å². The molecule has 0 fully saturated rings. The second-order valence-electron chi connectivity index (χ2n) is 7.30. The lowest BCUT2D eigenvalue weighted by Gasteiger charge is -2.16. The van der Waals surface area contributed by atoms with E-state index in [-0.39, 0.29) is 18.7 Å². The van der Waals surface area contributed by atoms with Gasteiger partial charge < -0.3 is 18.6 Å². The second-order valence-corrected chi connectivity index (χ2v) is 7.30. The first-order chi connectivity index (χ1) is 15.4. The standard InChI is InChI=1S/C24H23N3O5/c1-5-31-24(29)19-11-16-10-18(22-14(2)26-32-15(22)3)21(30-4)12-20(16)27(23(19)28)13-17-8-6-7-9-25-17/h6-12H,5,13H2,1-4H3. The number of carbonyl (C=O) groups is 1. The van der Waals surface area contributed by atoms with E-state index in [4.69, 9.17) is 14.0 Å². The maximum Gasteiger partial charge on any atom is 0.343 e. The molecule has 8 nitrogen and oxygen atoms in total. The fraction of sp³-hybridized carbons (Fsp3) is 0.250. The maximum atomic E-state index is 13.3. The molecule has 164 valence electrons. The van der Waals surface area contributed by atoms with Gasteiger partial charge in [-0.05, 0) is 45.0 Å². The van der Waals surface area contributed by atoms with E-state index in [9.17, 15) is 9.59 Å². The van der Waals surface area contributed by atoms with E-state index in [1.54, 1.807) is 38.4 Å². The third-order valence-electron chi connectivity index (χ3n) is 5.26. The van der Waals surface area contributed by atoms with Crippen LogP contribution in [0.5, 0.6) is 5.75 Å². The Morgan fingerprint density at radius 2 is 2.00 bits per heavy atom. The highest BCUT2D eigenvalue weighted by Gasteiger charge is 2.21. The summed E-state index contributed by atoms with van der Waals surface area (Å²) in [5.41, 5.74) is 3.09. The number of carbonyl (C=O) groups excluding carboxylic acids is 1. The van der Waals surface area contributed by atoms with Crippen molar-refractivity contribution < 1.29 is 18.8 Å². The summed E-state index contributed by atoms with van der Waals surface area (Å²) >= 11 is 0. The molecule has 3 aromatic heterocycles. The molecule has 3 heterocycles. The van der Waals surface area contributed by atoms with Gasteiger partial charge in [-0.25, -0.2) is 4.79 Å². The van der Waals surface area contributed by atoms with Crippen molar-refractivity contribution in [1.29, 1.82) is 0 Å². The van der Waals surface area contributed by atoms with Crippen molar-refractivity contribution in [3.63, 3.8) is 0 Å². The minimum absolute atomic E-state index is 0.0369. The third-order valence-corrected chi connectivity index (χ3v) is 5.26. The number of rotatable bonds is 6. The minimum atomic E-state index is -0.663. The number of fused-ring (bicyclic) bond motifs is 1. The average molecular weight is 433 g/mol. The van der Waals surface area contributed by atoms with E-state index in [2.05, 4.69) is 10.1 Å². The first-order valence-electron chi connectivity index (χ1n) is 10.2. The van der Waals surface area contributed by atoms with Crippen molar-refractivity contribution in [3.05, 3.63) is 75.7 Å². The molecule has 1 aromatic carbocycles. The number of aromatic nitrogens is 3. The minimum Gasteiger partial charge on any atom is -0.496 e. The van der Waals surface area contributed by atoms with Crippen LogP contribution in [0.1, 0.15) is 34.4 Å². The average Bonchev–Trinajstić information content (AvgIpc) is 3.13. The van der Waals surface area contributed by atoms with Gasteiger partial charge in [-0.15, -0.1) is 0 Å². The first kappa shape index (κ1) is 21.3. The van der Waals surface area contributed by atoms with Gasteiger partial charge in [0.1, 0.15) is 17.1 Å². The molecule has 0 saturated carbocycles. The summed E-state index contributed by atoms with van der Waals surface area (Å²) in [6, 6.07) is 10.7. The van der Waals surface area contributed by atoms with Crippen LogP contribution in [0.2, 0.25) is 0 Å². The van der Waals surface area contributed by atoms with Gasteiger partial charge in [0.25, 0.3) is 5.56 Å². The number of hydrogen-bond donors (Lipinski definition) is 0. The smallest absolute Gasteiger partial charge is 0.343 e. The van der Waals surface area contributed by atoms with Crippen LogP contribution in [0.15, 0.2) is 51.9 Å². The third kappa shape index (κ3) is 3.75. The maximum absolute atomic E-state index is 13.3. The molecule has 0 aliphatic carbocycles. The fourth-order valence-electron chi connectivity index (χ4n) is 3.80. The highest BCUT2D eigenvalue weighted by Crippen LogP contribution is 2.37. The largest absolute Gasteiger partial charge is 0.496 e. The Balaban J connectivity index is 2.02. The number of ether oxygens (including phenoxy) is 2. The van der Waals surface area contributed by atoms with Gasteiger partial charge in [0, 0.05) is 23.2 Å². The molecule has 8 heteroatoms. The summed E-state index contributed by atoms with van der Waals surface area (Å²) < 4.78 is 17.6. The van der Waals surface area contributed by atoms with E-state index in [1.165, 1.54) is 4.57 Å². The lowest BCUT2D eigenvalue weighted by atomic mass is 9.99. The molecule has 0 amide bonds. The second kappa shape index (κ2) is 8.66. The summed E-state index contributed by atoms with van der Waals surface area (Å²) in [6.07, 6.45) is 1.66. The molecule has 32 heavy (non-hydrogen) atoms. The number of methoxy groups -OCH3 is 1. The van der Waals surface area contributed by atoms with Crippen LogP contribution < -0.4 is 10.3 Å². The molecule has 0 aliphatic rings. The van der Waals surface area contributed by atoms with Gasteiger partial charge in [-0.2, -0.15) is 0 Å². The number of hydrogen-bond acceptors (Lipinski definition) is 7. The molecule has 0 saturated heterocycles. The molecule has 0 bridgehead atoms. The highest BCUT2D eigenvalue weighted by atomic mass is 16.5. The Hall–Kier alpha value is -3.94. The molecule has 4 aromatic rings. The van der Waals surface area contributed by atoms with Gasteiger partial charge in [0.2, 0.25) is 0 Å². The van der Waals surface area contributed by atoms with E-state index in [0.29, 0.717) is 33.8 Å². The van der Waals surface area contributed by atoms with Crippen LogP contribution in [0.25, 0.3) is 22.0 Å². The molecular weight excluding hydrogens is 410 g/mol. The van der Waals surface area contributed by atoms with E-state index in [1.807, 2.05) is 32.0 Å². The van der Waals surface area contributed by atoms with Crippen LogP contribution in [0.4, 0.5) is 0 Å². The summed E-state index contributed by atoms with van der Waals surface area (Å²) in [5, 5.41) is 4.72. The number of esters is 1. The molecule has 0 atom stereocenters. The van der Waals surface area contributed by atoms with Crippen molar-refractivity contribution >= 4 is 16.9 Å².